The summed E-state index contributed by atoms with van der Waals surface area (Å²) >= 11 is 0. The summed E-state index contributed by atoms with van der Waals surface area (Å²) in [6.45, 7) is 0. The fourth-order valence-corrected chi connectivity index (χ4v) is 2.32. The Morgan fingerprint density at radius 3 is 2.17 bits per heavy atom. The molecule has 13 heteroatoms. The summed E-state index contributed by atoms with van der Waals surface area (Å²) in [5.41, 5.74) is -4.98. The van der Waals surface area contributed by atoms with Gasteiger partial charge in [0.2, 0.25) is 0 Å². The summed E-state index contributed by atoms with van der Waals surface area (Å²) < 4.78 is 112. The van der Waals surface area contributed by atoms with E-state index in [1.54, 1.807) is 0 Å². The fourth-order valence-electron chi connectivity index (χ4n) is 2.32. The number of methoxy groups -OCH3 is 1. The normalized spacial score (nSPS) is 11.8. The number of esters is 1. The van der Waals surface area contributed by atoms with Gasteiger partial charge in [-0.05, 0) is 24.3 Å². The lowest BCUT2D eigenvalue weighted by Gasteiger charge is -2.17. The van der Waals surface area contributed by atoms with E-state index in [1.807, 2.05) is 0 Å². The summed E-state index contributed by atoms with van der Waals surface area (Å²) in [5.74, 6) is -6.25. The summed E-state index contributed by atoms with van der Waals surface area (Å²) in [6.07, 6.45) is -10.7. The standard InChI is InChI=1S/C17H9F8NO4/c1-29-15(28)7-4-10(18)9(16(20,21)22)5-12(7)26-11-2-3-13(30-17(23,24)25)14(19)8(11)6-27/h2-6,26H,1H3. The maximum Gasteiger partial charge on any atom is 0.573 e. The van der Waals surface area contributed by atoms with Crippen LogP contribution in [0.4, 0.5) is 46.5 Å². The lowest BCUT2D eigenvalue weighted by Crippen LogP contribution is -2.18. The molecule has 2 aromatic carbocycles. The Balaban J connectivity index is 2.62. The summed E-state index contributed by atoms with van der Waals surface area (Å²) in [6, 6.07) is 1.50. The molecule has 0 unspecified atom stereocenters. The monoisotopic (exact) mass is 443 g/mol. The Hall–Kier alpha value is -3.38. The topological polar surface area (TPSA) is 64.6 Å². The minimum atomic E-state index is -5.29. The van der Waals surface area contributed by atoms with Crippen LogP contribution in [0, 0.1) is 11.6 Å². The van der Waals surface area contributed by atoms with Gasteiger partial charge in [-0.1, -0.05) is 0 Å². The number of alkyl halides is 6. The molecule has 2 aromatic rings. The number of hydrogen-bond donors (Lipinski definition) is 1. The zero-order chi connectivity index (χ0) is 22.9. The van der Waals surface area contributed by atoms with Crippen molar-refractivity contribution < 1.29 is 54.2 Å². The highest BCUT2D eigenvalue weighted by Crippen LogP contribution is 2.37. The SMILES string of the molecule is COC(=O)c1cc(F)c(C(F)(F)F)cc1Nc1ccc(OC(F)(F)F)c(F)c1C=O. The zero-order valence-corrected chi connectivity index (χ0v) is 14.5. The van der Waals surface area contributed by atoms with Crippen molar-refractivity contribution >= 4 is 23.6 Å². The van der Waals surface area contributed by atoms with E-state index < -0.39 is 64.0 Å². The number of ether oxygens (including phenoxy) is 2. The highest BCUT2D eigenvalue weighted by Gasteiger charge is 2.36. The van der Waals surface area contributed by atoms with Gasteiger partial charge in [0.05, 0.1) is 35.2 Å². The molecule has 0 aromatic heterocycles. The predicted octanol–water partition coefficient (Wildman–Crippen LogP) is 5.22. The summed E-state index contributed by atoms with van der Waals surface area (Å²) in [4.78, 5) is 22.9. The minimum Gasteiger partial charge on any atom is -0.465 e. The second kappa shape index (κ2) is 8.16. The van der Waals surface area contributed by atoms with Gasteiger partial charge in [0.15, 0.2) is 17.9 Å². The molecule has 0 spiro atoms. The largest absolute Gasteiger partial charge is 0.573 e. The molecule has 162 valence electrons. The van der Waals surface area contributed by atoms with E-state index in [2.05, 4.69) is 14.8 Å². The van der Waals surface area contributed by atoms with E-state index in [1.165, 1.54) is 0 Å². The molecule has 0 aliphatic rings. The smallest absolute Gasteiger partial charge is 0.465 e. The van der Waals surface area contributed by atoms with E-state index in [4.69, 9.17) is 0 Å². The number of aldehydes is 1. The van der Waals surface area contributed by atoms with Crippen LogP contribution < -0.4 is 10.1 Å². The number of benzene rings is 2. The highest BCUT2D eigenvalue weighted by atomic mass is 19.4. The van der Waals surface area contributed by atoms with Crippen LogP contribution in [0.2, 0.25) is 0 Å². The molecule has 0 amide bonds. The molecule has 0 atom stereocenters. The van der Waals surface area contributed by atoms with E-state index in [0.717, 1.165) is 7.11 Å². The molecule has 1 N–H and O–H groups in total. The van der Waals surface area contributed by atoms with Gasteiger partial charge in [-0.25, -0.2) is 13.6 Å². The first-order valence-electron chi connectivity index (χ1n) is 7.58. The van der Waals surface area contributed by atoms with Crippen molar-refractivity contribution in [3.05, 3.63) is 52.6 Å². The van der Waals surface area contributed by atoms with Crippen molar-refractivity contribution in [2.45, 2.75) is 12.5 Å². The second-order valence-corrected chi connectivity index (χ2v) is 5.50. The minimum absolute atomic E-state index is 0.161. The van der Waals surface area contributed by atoms with Gasteiger partial charge < -0.3 is 14.8 Å². The molecule has 0 saturated carbocycles. The first kappa shape index (κ1) is 22.9. The fraction of sp³-hybridized carbons (Fsp3) is 0.176. The number of carbonyl (C=O) groups is 2. The quantitative estimate of drug-likeness (QED) is 0.390. The Labute approximate surface area is 162 Å². The Morgan fingerprint density at radius 2 is 1.67 bits per heavy atom. The first-order valence-corrected chi connectivity index (χ1v) is 7.58. The van der Waals surface area contributed by atoms with Crippen molar-refractivity contribution in [1.29, 1.82) is 0 Å². The average molecular weight is 443 g/mol. The van der Waals surface area contributed by atoms with Crippen LogP contribution in [0.25, 0.3) is 0 Å². The van der Waals surface area contributed by atoms with Crippen LogP contribution in [0.3, 0.4) is 0 Å². The van der Waals surface area contributed by atoms with Crippen LogP contribution >= 0.6 is 0 Å². The molecule has 0 heterocycles. The number of anilines is 2. The van der Waals surface area contributed by atoms with Crippen molar-refractivity contribution in [2.75, 3.05) is 12.4 Å². The number of hydrogen-bond acceptors (Lipinski definition) is 5. The highest BCUT2D eigenvalue weighted by molar-refractivity contribution is 5.98. The van der Waals surface area contributed by atoms with Gasteiger partial charge in [-0.3, -0.25) is 4.79 Å². The van der Waals surface area contributed by atoms with Gasteiger partial charge in [-0.2, -0.15) is 13.2 Å². The van der Waals surface area contributed by atoms with Gasteiger partial charge >= 0.3 is 18.5 Å². The van der Waals surface area contributed by atoms with Crippen LogP contribution in [0.1, 0.15) is 26.3 Å². The molecule has 0 aliphatic heterocycles. The Morgan fingerprint density at radius 1 is 1.03 bits per heavy atom. The average Bonchev–Trinajstić information content (AvgIpc) is 2.62. The Bertz CT molecular complexity index is 985. The van der Waals surface area contributed by atoms with Crippen molar-refractivity contribution in [1.82, 2.24) is 0 Å². The molecular formula is C17H9F8NO4. The van der Waals surface area contributed by atoms with Crippen LogP contribution in [-0.2, 0) is 10.9 Å². The van der Waals surface area contributed by atoms with Gasteiger partial charge in [-0.15, -0.1) is 13.2 Å². The van der Waals surface area contributed by atoms with E-state index >= 15 is 0 Å². The van der Waals surface area contributed by atoms with Crippen LogP contribution in [0.15, 0.2) is 24.3 Å². The maximum absolute atomic E-state index is 14.2. The Kier molecular flexibility index (Phi) is 6.23. The lowest BCUT2D eigenvalue weighted by molar-refractivity contribution is -0.275. The van der Waals surface area contributed by atoms with Crippen LogP contribution in [-0.4, -0.2) is 25.7 Å². The van der Waals surface area contributed by atoms with Crippen molar-refractivity contribution in [2.24, 2.45) is 0 Å². The molecule has 0 fully saturated rings. The van der Waals surface area contributed by atoms with E-state index in [0.29, 0.717) is 12.1 Å². The summed E-state index contributed by atoms with van der Waals surface area (Å²) in [7, 11) is 0.849. The molecular weight excluding hydrogens is 434 g/mol. The molecule has 0 bridgehead atoms. The third kappa shape index (κ3) is 4.96. The molecule has 0 aliphatic carbocycles. The summed E-state index contributed by atoms with van der Waals surface area (Å²) in [5, 5.41) is 2.10. The third-order valence-corrected chi connectivity index (χ3v) is 3.58. The predicted molar refractivity (Wildman–Crippen MR) is 84.5 cm³/mol. The third-order valence-electron chi connectivity index (χ3n) is 3.58. The van der Waals surface area contributed by atoms with Gasteiger partial charge in [0.1, 0.15) is 5.82 Å². The number of rotatable bonds is 5. The molecule has 5 nitrogen and oxygen atoms in total. The maximum atomic E-state index is 14.2. The number of halogens is 8. The van der Waals surface area contributed by atoms with Crippen molar-refractivity contribution in [3.8, 4) is 5.75 Å². The molecule has 0 saturated heterocycles. The molecule has 30 heavy (non-hydrogen) atoms. The first-order chi connectivity index (χ1) is 13.8. The molecule has 0 radical (unpaired) electrons. The van der Waals surface area contributed by atoms with E-state index in [9.17, 15) is 44.7 Å². The van der Waals surface area contributed by atoms with Crippen LogP contribution in [0.5, 0.6) is 5.75 Å². The zero-order valence-electron chi connectivity index (χ0n) is 14.5. The number of carbonyl (C=O) groups excluding carboxylic acids is 2. The van der Waals surface area contributed by atoms with Crippen molar-refractivity contribution in [3.63, 3.8) is 0 Å². The molecule has 2 rings (SSSR count). The lowest BCUT2D eigenvalue weighted by atomic mass is 10.1. The van der Waals surface area contributed by atoms with Gasteiger partial charge in [0, 0.05) is 0 Å². The number of nitrogens with one attached hydrogen (secondary N) is 1. The second-order valence-electron chi connectivity index (χ2n) is 5.50. The van der Waals surface area contributed by atoms with E-state index in [-0.39, 0.29) is 18.4 Å². The van der Waals surface area contributed by atoms with Gasteiger partial charge in [0.25, 0.3) is 0 Å².